The van der Waals surface area contributed by atoms with Crippen molar-refractivity contribution in [2.75, 3.05) is 6.26 Å². The number of hydrogen-bond acceptors (Lipinski definition) is 6. The molecule has 0 N–H and O–H groups in total. The number of benzene rings is 1. The van der Waals surface area contributed by atoms with E-state index in [0.29, 0.717) is 16.9 Å². The summed E-state index contributed by atoms with van der Waals surface area (Å²) < 4.78 is 49.0. The van der Waals surface area contributed by atoms with Crippen LogP contribution in [0, 0.1) is 6.92 Å². The lowest BCUT2D eigenvalue weighted by atomic mass is 10.2. The van der Waals surface area contributed by atoms with Gasteiger partial charge in [-0.2, -0.15) is 18.1 Å². The first-order valence-corrected chi connectivity index (χ1v) is 12.1. The van der Waals surface area contributed by atoms with Crippen LogP contribution in [0.2, 0.25) is 0 Å². The van der Waals surface area contributed by atoms with E-state index in [0.717, 1.165) is 11.1 Å². The predicted molar refractivity (Wildman–Crippen MR) is 118 cm³/mol. The zero-order chi connectivity index (χ0) is 23.8. The van der Waals surface area contributed by atoms with Gasteiger partial charge in [-0.1, -0.05) is 35.0 Å². The van der Waals surface area contributed by atoms with Gasteiger partial charge in [-0.05, 0) is 36.2 Å². The average Bonchev–Trinajstić information content (AvgIpc) is 3.35. The molecular formula is C21H18ClF2N5O3S. The zero-order valence-corrected chi connectivity index (χ0v) is 19.1. The highest BCUT2D eigenvalue weighted by Crippen LogP contribution is 2.32. The van der Waals surface area contributed by atoms with Gasteiger partial charge in [0.2, 0.25) is 5.82 Å². The summed E-state index contributed by atoms with van der Waals surface area (Å²) in [5.41, 5.74) is 3.13. The summed E-state index contributed by atoms with van der Waals surface area (Å²) >= 11 is 4.90. The lowest BCUT2D eigenvalue weighted by molar-refractivity contribution is -0.117. The third kappa shape index (κ3) is 5.60. The average molecular weight is 494 g/mol. The van der Waals surface area contributed by atoms with Crippen molar-refractivity contribution in [2.45, 2.75) is 24.5 Å². The molecular weight excluding hydrogens is 476 g/mol. The molecule has 8 nitrogen and oxygen atoms in total. The summed E-state index contributed by atoms with van der Waals surface area (Å²) in [6, 6.07) is 10.7. The SMILES string of the molecule is Cc1ccc(CS(C)(=O)=NC(=O)Cc2cn3ccc(-c4noc(C(F)(F)Cl)n4)cc3n2)cc1. The van der Waals surface area contributed by atoms with Crippen LogP contribution < -0.4 is 0 Å². The van der Waals surface area contributed by atoms with Crippen LogP contribution in [0.15, 0.2) is 57.7 Å². The molecule has 172 valence electrons. The van der Waals surface area contributed by atoms with E-state index in [9.17, 15) is 17.8 Å². The number of pyridine rings is 1. The Morgan fingerprint density at radius 1 is 1.24 bits per heavy atom. The van der Waals surface area contributed by atoms with Crippen LogP contribution in [0.3, 0.4) is 0 Å². The molecule has 0 bridgehead atoms. The van der Waals surface area contributed by atoms with E-state index in [4.69, 9.17) is 11.6 Å². The highest BCUT2D eigenvalue weighted by molar-refractivity contribution is 7.92. The van der Waals surface area contributed by atoms with Crippen molar-refractivity contribution < 1.29 is 22.3 Å². The number of nitrogens with zero attached hydrogens (tertiary/aromatic N) is 5. The molecule has 3 aromatic heterocycles. The van der Waals surface area contributed by atoms with Crippen molar-refractivity contribution >= 4 is 32.9 Å². The summed E-state index contributed by atoms with van der Waals surface area (Å²) in [6.45, 7) is 1.95. The number of amides is 1. The van der Waals surface area contributed by atoms with Crippen LogP contribution >= 0.6 is 11.6 Å². The maximum atomic E-state index is 13.1. The molecule has 4 rings (SSSR count). The number of hydrogen-bond donors (Lipinski definition) is 0. The highest BCUT2D eigenvalue weighted by atomic mass is 35.5. The maximum absolute atomic E-state index is 13.1. The van der Waals surface area contributed by atoms with E-state index in [-0.39, 0.29) is 18.0 Å². The molecule has 1 atom stereocenters. The van der Waals surface area contributed by atoms with E-state index < -0.39 is 26.9 Å². The molecule has 4 aromatic rings. The third-order valence-corrected chi connectivity index (χ3v) is 6.24. The molecule has 3 heterocycles. The lowest BCUT2D eigenvalue weighted by Crippen LogP contribution is -2.07. The smallest absolute Gasteiger partial charge is 0.331 e. The van der Waals surface area contributed by atoms with Crippen molar-refractivity contribution in [3.05, 3.63) is 71.5 Å². The van der Waals surface area contributed by atoms with E-state index in [2.05, 4.69) is 24.0 Å². The van der Waals surface area contributed by atoms with Gasteiger partial charge in [0.15, 0.2) is 0 Å². The number of imidazole rings is 1. The standard InChI is InChI=1S/C21H18ClF2N5O3S/c1-13-3-5-14(6-4-13)12-33(2,31)28-18(30)10-16-11-29-8-7-15(9-17(29)25-16)19-26-20(32-27-19)21(22,23)24/h3-9,11H,10,12H2,1-2H3. The monoisotopic (exact) mass is 493 g/mol. The topological polar surface area (TPSA) is 103 Å². The van der Waals surface area contributed by atoms with Gasteiger partial charge >= 0.3 is 11.3 Å². The number of rotatable bonds is 6. The first kappa shape index (κ1) is 23.0. The molecule has 1 unspecified atom stereocenters. The molecule has 12 heteroatoms. The molecule has 0 saturated heterocycles. The molecule has 0 spiro atoms. The van der Waals surface area contributed by atoms with Gasteiger partial charge in [0, 0.05) is 24.2 Å². The van der Waals surface area contributed by atoms with Crippen molar-refractivity contribution in [1.82, 2.24) is 19.5 Å². The van der Waals surface area contributed by atoms with Crippen molar-refractivity contribution in [2.24, 2.45) is 4.36 Å². The Morgan fingerprint density at radius 3 is 2.64 bits per heavy atom. The largest absolute Gasteiger partial charge is 0.400 e. The quantitative estimate of drug-likeness (QED) is 0.370. The van der Waals surface area contributed by atoms with Crippen LogP contribution in [0.5, 0.6) is 0 Å². The van der Waals surface area contributed by atoms with Gasteiger partial charge in [0.05, 0.1) is 27.6 Å². The lowest BCUT2D eigenvalue weighted by Gasteiger charge is -2.04. The Bertz CT molecular complexity index is 1450. The second-order valence-corrected chi connectivity index (χ2v) is 10.4. The molecule has 1 aromatic carbocycles. The second-order valence-electron chi connectivity index (χ2n) is 7.59. The number of carbonyl (C=O) groups is 1. The van der Waals surface area contributed by atoms with E-state index in [1.54, 1.807) is 28.9 Å². The highest BCUT2D eigenvalue weighted by Gasteiger charge is 2.35. The Morgan fingerprint density at radius 2 is 1.97 bits per heavy atom. The summed E-state index contributed by atoms with van der Waals surface area (Å²) in [4.78, 5) is 20.4. The number of halogens is 3. The molecule has 0 saturated carbocycles. The molecule has 33 heavy (non-hydrogen) atoms. The molecule has 0 aliphatic rings. The number of aryl methyl sites for hydroxylation is 1. The Kier molecular flexibility index (Phi) is 6.02. The molecule has 1 amide bonds. The fourth-order valence-corrected chi connectivity index (χ4v) is 4.59. The van der Waals surface area contributed by atoms with E-state index in [1.807, 2.05) is 31.2 Å². The first-order chi connectivity index (χ1) is 15.5. The van der Waals surface area contributed by atoms with Crippen LogP contribution in [-0.4, -0.2) is 35.9 Å². The molecule has 0 aliphatic carbocycles. The Labute approximate surface area is 192 Å². The summed E-state index contributed by atoms with van der Waals surface area (Å²) in [6.07, 6.45) is 4.54. The van der Waals surface area contributed by atoms with Crippen molar-refractivity contribution in [3.63, 3.8) is 0 Å². The van der Waals surface area contributed by atoms with Gasteiger partial charge in [-0.25, -0.2) is 9.19 Å². The summed E-state index contributed by atoms with van der Waals surface area (Å²) in [5, 5.41) is -0.261. The summed E-state index contributed by atoms with van der Waals surface area (Å²) in [7, 11) is -2.76. The fourth-order valence-electron chi connectivity index (χ4n) is 3.14. The normalized spacial score (nSPS) is 13.7. The number of fused-ring (bicyclic) bond motifs is 1. The maximum Gasteiger partial charge on any atom is 0.400 e. The number of carbonyl (C=O) groups excluding carboxylic acids is 1. The zero-order valence-electron chi connectivity index (χ0n) is 17.5. The van der Waals surface area contributed by atoms with Gasteiger partial charge in [-0.3, -0.25) is 4.79 Å². The third-order valence-electron chi connectivity index (χ3n) is 4.62. The van der Waals surface area contributed by atoms with Gasteiger partial charge in [0.1, 0.15) is 5.65 Å². The van der Waals surface area contributed by atoms with Crippen LogP contribution in [0.1, 0.15) is 22.7 Å². The van der Waals surface area contributed by atoms with Crippen LogP contribution in [-0.2, 0) is 32.1 Å². The van der Waals surface area contributed by atoms with Crippen molar-refractivity contribution in [3.8, 4) is 11.4 Å². The van der Waals surface area contributed by atoms with E-state index >= 15 is 0 Å². The Hall–Kier alpha value is -3.18. The second kappa shape index (κ2) is 8.64. The minimum atomic E-state index is -3.77. The van der Waals surface area contributed by atoms with Gasteiger partial charge < -0.3 is 8.92 Å². The molecule has 0 radical (unpaired) electrons. The van der Waals surface area contributed by atoms with Gasteiger partial charge in [-0.15, -0.1) is 0 Å². The van der Waals surface area contributed by atoms with Crippen molar-refractivity contribution in [1.29, 1.82) is 0 Å². The van der Waals surface area contributed by atoms with Crippen LogP contribution in [0.4, 0.5) is 8.78 Å². The molecule has 0 aliphatic heterocycles. The minimum Gasteiger partial charge on any atom is -0.331 e. The van der Waals surface area contributed by atoms with Gasteiger partial charge in [0.25, 0.3) is 5.91 Å². The summed E-state index contributed by atoms with van der Waals surface area (Å²) in [5.74, 6) is -1.47. The van der Waals surface area contributed by atoms with E-state index in [1.165, 1.54) is 6.26 Å². The Balaban J connectivity index is 1.51. The molecule has 0 fully saturated rings. The minimum absolute atomic E-state index is 0.0784. The number of alkyl halides is 3. The van der Waals surface area contributed by atoms with Crippen LogP contribution in [0.25, 0.3) is 17.0 Å². The fraction of sp³-hybridized carbons (Fsp3) is 0.238. The number of aromatic nitrogens is 4. The predicted octanol–water partition coefficient (Wildman–Crippen LogP) is 4.35. The first-order valence-electron chi connectivity index (χ1n) is 9.66.